The average Bonchev–Trinajstić information content (AvgIpc) is 2.74. The maximum atomic E-state index is 11.5. The second-order valence-corrected chi connectivity index (χ2v) is 4.93. The second kappa shape index (κ2) is 5.85. The molecule has 1 aliphatic rings. The Morgan fingerprint density at radius 2 is 2.37 bits per heavy atom. The Morgan fingerprint density at radius 3 is 3.05 bits per heavy atom. The maximum absolute atomic E-state index is 11.5. The van der Waals surface area contributed by atoms with Crippen LogP contribution in [0.1, 0.15) is 20.8 Å². The second-order valence-electron chi connectivity index (χ2n) is 3.83. The van der Waals surface area contributed by atoms with Gasteiger partial charge in [0, 0.05) is 4.88 Å². The Balaban J connectivity index is 2.24. The van der Waals surface area contributed by atoms with Crippen LogP contribution in [0, 0.1) is 0 Å². The highest BCUT2D eigenvalue weighted by atomic mass is 32.1. The molecule has 2 N–H and O–H groups in total. The summed E-state index contributed by atoms with van der Waals surface area (Å²) in [6.07, 6.45) is 1.28. The van der Waals surface area contributed by atoms with Crippen molar-refractivity contribution < 1.29 is 24.2 Å². The lowest BCUT2D eigenvalue weighted by Gasteiger charge is -2.11. The summed E-state index contributed by atoms with van der Waals surface area (Å²) >= 11 is 1.21. The number of amides is 1. The predicted octanol–water partition coefficient (Wildman–Crippen LogP) is 2.25. The van der Waals surface area contributed by atoms with Crippen molar-refractivity contribution in [2.45, 2.75) is 13.0 Å². The van der Waals surface area contributed by atoms with Gasteiger partial charge in [0.25, 0.3) is 0 Å². The molecule has 0 bridgehead atoms. The molecule has 102 valence electrons. The van der Waals surface area contributed by atoms with Crippen LogP contribution in [0.5, 0.6) is 0 Å². The lowest BCUT2D eigenvalue weighted by atomic mass is 10.1. The van der Waals surface area contributed by atoms with Crippen LogP contribution in [0.25, 0.3) is 0 Å². The molecule has 6 nitrogen and oxygen atoms in total. The quantitative estimate of drug-likeness (QED) is 0.828. The molecule has 1 aromatic rings. The van der Waals surface area contributed by atoms with Crippen molar-refractivity contribution in [2.24, 2.45) is 0 Å². The highest BCUT2D eigenvalue weighted by Gasteiger charge is 2.26. The van der Waals surface area contributed by atoms with Crippen molar-refractivity contribution >= 4 is 28.4 Å². The van der Waals surface area contributed by atoms with Crippen molar-refractivity contribution in [2.75, 3.05) is 18.5 Å². The molecular formula is C12H13NO5S. The number of carboxylic acids is 1. The van der Waals surface area contributed by atoms with E-state index in [0.717, 1.165) is 10.4 Å². The molecule has 0 atom stereocenters. The lowest BCUT2D eigenvalue weighted by molar-refractivity contribution is 0.0693. The Morgan fingerprint density at radius 1 is 1.58 bits per heavy atom. The standard InChI is InChI=1S/C12H13NO5S/c1-2-4-18-12(16)13-10-9(11(14)15)7-3-5-17-6-8(7)19-10/h2H,1,3-6H2,(H,13,16)(H,14,15). The first-order valence-electron chi connectivity index (χ1n) is 5.63. The van der Waals surface area contributed by atoms with Gasteiger partial charge in [-0.3, -0.25) is 5.32 Å². The third-order valence-corrected chi connectivity index (χ3v) is 3.70. The fourth-order valence-corrected chi connectivity index (χ4v) is 2.97. The normalized spacial score (nSPS) is 13.5. The lowest BCUT2D eigenvalue weighted by Crippen LogP contribution is -2.16. The summed E-state index contributed by atoms with van der Waals surface area (Å²) in [7, 11) is 0. The number of anilines is 1. The first kappa shape index (κ1) is 13.6. The molecule has 2 rings (SSSR count). The van der Waals surface area contributed by atoms with E-state index >= 15 is 0 Å². The topological polar surface area (TPSA) is 84.9 Å². The van der Waals surface area contributed by atoms with E-state index in [1.807, 2.05) is 0 Å². The molecule has 1 aliphatic heterocycles. The third-order valence-electron chi connectivity index (χ3n) is 2.58. The summed E-state index contributed by atoms with van der Waals surface area (Å²) in [6.45, 7) is 4.37. The summed E-state index contributed by atoms with van der Waals surface area (Å²) in [6, 6.07) is 0. The zero-order valence-corrected chi connectivity index (χ0v) is 10.9. The fourth-order valence-electron chi connectivity index (χ4n) is 1.81. The minimum absolute atomic E-state index is 0.0719. The van der Waals surface area contributed by atoms with Gasteiger partial charge in [-0.1, -0.05) is 12.7 Å². The number of fused-ring (bicyclic) bond motifs is 1. The van der Waals surface area contributed by atoms with Gasteiger partial charge in [0.2, 0.25) is 0 Å². The van der Waals surface area contributed by atoms with Crippen molar-refractivity contribution in [3.05, 3.63) is 28.7 Å². The SMILES string of the molecule is C=CCOC(=O)Nc1sc2c(c1C(=O)O)CCOC2. The fraction of sp³-hybridized carbons (Fsp3) is 0.333. The maximum Gasteiger partial charge on any atom is 0.412 e. The first-order chi connectivity index (χ1) is 9.13. The predicted molar refractivity (Wildman–Crippen MR) is 69.8 cm³/mol. The number of rotatable bonds is 4. The van der Waals surface area contributed by atoms with Crippen LogP contribution < -0.4 is 5.32 Å². The van der Waals surface area contributed by atoms with Crippen LogP contribution in [0.15, 0.2) is 12.7 Å². The average molecular weight is 283 g/mol. The van der Waals surface area contributed by atoms with Crippen LogP contribution in [0.2, 0.25) is 0 Å². The van der Waals surface area contributed by atoms with Crippen LogP contribution in [-0.4, -0.2) is 30.4 Å². The summed E-state index contributed by atoms with van der Waals surface area (Å²) in [5.41, 5.74) is 0.877. The van der Waals surface area contributed by atoms with Gasteiger partial charge >= 0.3 is 12.1 Å². The number of carbonyl (C=O) groups is 2. The van der Waals surface area contributed by atoms with E-state index in [1.165, 1.54) is 17.4 Å². The monoisotopic (exact) mass is 283 g/mol. The Labute approximate surface area is 113 Å². The summed E-state index contributed by atoms with van der Waals surface area (Å²) in [4.78, 5) is 23.6. The Hall–Kier alpha value is -1.86. The van der Waals surface area contributed by atoms with Gasteiger partial charge in [0.05, 0.1) is 18.8 Å². The highest BCUT2D eigenvalue weighted by Crippen LogP contribution is 2.36. The number of hydrogen-bond donors (Lipinski definition) is 2. The van der Waals surface area contributed by atoms with Gasteiger partial charge in [0.15, 0.2) is 0 Å². The van der Waals surface area contributed by atoms with Gasteiger partial charge < -0.3 is 14.6 Å². The molecule has 0 aliphatic carbocycles. The third kappa shape index (κ3) is 2.94. The number of ether oxygens (including phenoxy) is 2. The summed E-state index contributed by atoms with van der Waals surface area (Å²) in [5.74, 6) is -1.06. The minimum atomic E-state index is -1.06. The number of nitrogens with one attached hydrogen (secondary N) is 1. The number of hydrogen-bond acceptors (Lipinski definition) is 5. The number of thiophene rings is 1. The number of carbonyl (C=O) groups excluding carboxylic acids is 1. The molecule has 19 heavy (non-hydrogen) atoms. The van der Waals surface area contributed by atoms with E-state index < -0.39 is 12.1 Å². The molecule has 7 heteroatoms. The van der Waals surface area contributed by atoms with E-state index in [9.17, 15) is 14.7 Å². The Bertz CT molecular complexity index is 522. The van der Waals surface area contributed by atoms with E-state index in [1.54, 1.807) is 0 Å². The zero-order valence-electron chi connectivity index (χ0n) is 10.1. The summed E-state index contributed by atoms with van der Waals surface area (Å²) < 4.78 is 10.1. The molecule has 1 amide bonds. The van der Waals surface area contributed by atoms with Gasteiger partial charge in [-0.15, -0.1) is 11.3 Å². The van der Waals surface area contributed by atoms with Gasteiger partial charge in [-0.05, 0) is 12.0 Å². The molecule has 0 spiro atoms. The number of aromatic carboxylic acids is 1. The molecule has 0 fully saturated rings. The molecule has 0 saturated heterocycles. The summed E-state index contributed by atoms with van der Waals surface area (Å²) in [5, 5.41) is 12.0. The molecule has 0 aromatic carbocycles. The van der Waals surface area contributed by atoms with Gasteiger partial charge in [-0.2, -0.15) is 0 Å². The van der Waals surface area contributed by atoms with Crippen molar-refractivity contribution in [3.8, 4) is 0 Å². The first-order valence-corrected chi connectivity index (χ1v) is 6.45. The molecule has 0 saturated carbocycles. The molecule has 0 unspecified atom stereocenters. The van der Waals surface area contributed by atoms with Gasteiger partial charge in [0.1, 0.15) is 11.6 Å². The van der Waals surface area contributed by atoms with Crippen molar-refractivity contribution in [1.82, 2.24) is 0 Å². The largest absolute Gasteiger partial charge is 0.478 e. The molecule has 2 heterocycles. The molecular weight excluding hydrogens is 270 g/mol. The highest BCUT2D eigenvalue weighted by molar-refractivity contribution is 7.16. The molecule has 0 radical (unpaired) electrons. The zero-order chi connectivity index (χ0) is 13.8. The minimum Gasteiger partial charge on any atom is -0.478 e. The van der Waals surface area contributed by atoms with E-state index in [2.05, 4.69) is 11.9 Å². The van der Waals surface area contributed by atoms with Gasteiger partial charge in [-0.25, -0.2) is 9.59 Å². The Kier molecular flexibility index (Phi) is 4.18. The smallest absolute Gasteiger partial charge is 0.412 e. The van der Waals surface area contributed by atoms with Crippen molar-refractivity contribution in [3.63, 3.8) is 0 Å². The van der Waals surface area contributed by atoms with E-state index in [4.69, 9.17) is 9.47 Å². The van der Waals surface area contributed by atoms with Crippen LogP contribution >= 0.6 is 11.3 Å². The molecule has 1 aromatic heterocycles. The van der Waals surface area contributed by atoms with Crippen LogP contribution in [0.3, 0.4) is 0 Å². The van der Waals surface area contributed by atoms with Crippen LogP contribution in [-0.2, 0) is 22.5 Å². The van der Waals surface area contributed by atoms with Crippen LogP contribution in [0.4, 0.5) is 9.80 Å². The van der Waals surface area contributed by atoms with E-state index in [-0.39, 0.29) is 17.2 Å². The number of carboxylic acid groups (broad SMARTS) is 1. The van der Waals surface area contributed by atoms with E-state index in [0.29, 0.717) is 19.6 Å². The van der Waals surface area contributed by atoms with Crippen molar-refractivity contribution in [1.29, 1.82) is 0 Å².